The smallest absolute Gasteiger partial charge is 0.147 e. The molecule has 2 heterocycles. The van der Waals surface area contributed by atoms with Crippen LogP contribution in [0.15, 0.2) is 12.4 Å². The zero-order valence-corrected chi connectivity index (χ0v) is 11.7. The lowest BCUT2D eigenvalue weighted by Crippen LogP contribution is -2.35. The summed E-state index contributed by atoms with van der Waals surface area (Å²) in [5.41, 5.74) is 1.01. The zero-order valence-electron chi connectivity index (χ0n) is 11.7. The van der Waals surface area contributed by atoms with E-state index in [1.165, 1.54) is 12.8 Å². The Kier molecular flexibility index (Phi) is 4.53. The molecular formula is C14H24N4. The van der Waals surface area contributed by atoms with Gasteiger partial charge in [0.05, 0.1) is 18.1 Å². The average molecular weight is 248 g/mol. The van der Waals surface area contributed by atoms with Crippen molar-refractivity contribution in [3.8, 4) is 0 Å². The monoisotopic (exact) mass is 248 g/mol. The second kappa shape index (κ2) is 6.14. The molecule has 1 atom stereocenters. The quantitative estimate of drug-likeness (QED) is 0.887. The highest BCUT2D eigenvalue weighted by atomic mass is 15.2. The van der Waals surface area contributed by atoms with E-state index < -0.39 is 0 Å². The van der Waals surface area contributed by atoms with Gasteiger partial charge < -0.3 is 10.2 Å². The molecule has 1 aliphatic rings. The molecule has 100 valence electrons. The van der Waals surface area contributed by atoms with Crippen LogP contribution in [0, 0.1) is 5.92 Å². The van der Waals surface area contributed by atoms with Crippen LogP contribution in [0.4, 0.5) is 5.82 Å². The Bertz CT molecular complexity index is 361. The molecule has 1 aliphatic heterocycles. The molecule has 4 nitrogen and oxygen atoms in total. The lowest BCUT2D eigenvalue weighted by atomic mass is 10.0. The van der Waals surface area contributed by atoms with Crippen molar-refractivity contribution in [1.29, 1.82) is 0 Å². The fourth-order valence-corrected chi connectivity index (χ4v) is 2.31. The first-order valence-corrected chi connectivity index (χ1v) is 6.94. The minimum absolute atomic E-state index is 0.481. The summed E-state index contributed by atoms with van der Waals surface area (Å²) in [4.78, 5) is 11.4. The highest BCUT2D eigenvalue weighted by molar-refractivity contribution is 5.36. The normalized spacial score (nSPS) is 20.4. The van der Waals surface area contributed by atoms with E-state index in [1.807, 2.05) is 12.4 Å². The van der Waals surface area contributed by atoms with Crippen molar-refractivity contribution < 1.29 is 0 Å². The number of rotatable bonds is 4. The zero-order chi connectivity index (χ0) is 13.0. The third kappa shape index (κ3) is 3.67. The van der Waals surface area contributed by atoms with Gasteiger partial charge in [0.2, 0.25) is 0 Å². The van der Waals surface area contributed by atoms with Gasteiger partial charge in [0.25, 0.3) is 0 Å². The van der Waals surface area contributed by atoms with Crippen LogP contribution in [-0.4, -0.2) is 29.1 Å². The van der Waals surface area contributed by atoms with Gasteiger partial charge in [-0.25, -0.2) is 4.98 Å². The van der Waals surface area contributed by atoms with Gasteiger partial charge in [-0.1, -0.05) is 20.8 Å². The molecule has 0 bridgehead atoms. The highest BCUT2D eigenvalue weighted by Gasteiger charge is 2.17. The van der Waals surface area contributed by atoms with E-state index in [0.29, 0.717) is 6.04 Å². The van der Waals surface area contributed by atoms with Crippen molar-refractivity contribution in [1.82, 2.24) is 15.3 Å². The average Bonchev–Trinajstić information content (AvgIpc) is 2.37. The van der Waals surface area contributed by atoms with Crippen LogP contribution < -0.4 is 10.2 Å². The van der Waals surface area contributed by atoms with Crippen molar-refractivity contribution in [2.45, 2.75) is 46.2 Å². The number of piperidine rings is 1. The third-order valence-electron chi connectivity index (χ3n) is 3.36. The van der Waals surface area contributed by atoms with Crippen molar-refractivity contribution in [3.63, 3.8) is 0 Å². The number of anilines is 1. The molecule has 1 saturated heterocycles. The molecule has 0 aliphatic carbocycles. The van der Waals surface area contributed by atoms with Gasteiger partial charge in [0, 0.05) is 25.7 Å². The van der Waals surface area contributed by atoms with Gasteiger partial charge in [-0.2, -0.15) is 0 Å². The molecule has 1 N–H and O–H groups in total. The van der Waals surface area contributed by atoms with E-state index in [0.717, 1.165) is 37.1 Å². The lowest BCUT2D eigenvalue weighted by molar-refractivity contribution is 0.444. The first-order valence-electron chi connectivity index (χ1n) is 6.94. The van der Waals surface area contributed by atoms with Crippen LogP contribution in [0.5, 0.6) is 0 Å². The predicted octanol–water partition coefficient (Wildman–Crippen LogP) is 2.21. The van der Waals surface area contributed by atoms with E-state index in [-0.39, 0.29) is 0 Å². The van der Waals surface area contributed by atoms with E-state index in [4.69, 9.17) is 0 Å². The Morgan fingerprint density at radius 2 is 2.22 bits per heavy atom. The van der Waals surface area contributed by atoms with Crippen LogP contribution in [0.3, 0.4) is 0 Å². The molecule has 2 rings (SSSR count). The molecule has 18 heavy (non-hydrogen) atoms. The van der Waals surface area contributed by atoms with Crippen molar-refractivity contribution in [2.24, 2.45) is 5.92 Å². The van der Waals surface area contributed by atoms with Crippen LogP contribution in [0.2, 0.25) is 0 Å². The Morgan fingerprint density at radius 3 is 2.83 bits per heavy atom. The Balaban J connectivity index is 1.94. The first kappa shape index (κ1) is 13.3. The maximum absolute atomic E-state index is 4.54. The summed E-state index contributed by atoms with van der Waals surface area (Å²) in [6.45, 7) is 9.59. The summed E-state index contributed by atoms with van der Waals surface area (Å²) in [7, 11) is 0. The fourth-order valence-electron chi connectivity index (χ4n) is 2.31. The van der Waals surface area contributed by atoms with E-state index in [1.54, 1.807) is 0 Å². The molecule has 0 spiro atoms. The van der Waals surface area contributed by atoms with Gasteiger partial charge in [0.15, 0.2) is 0 Å². The minimum atomic E-state index is 0.481. The molecule has 0 radical (unpaired) electrons. The Morgan fingerprint density at radius 1 is 1.39 bits per heavy atom. The van der Waals surface area contributed by atoms with Crippen LogP contribution in [-0.2, 0) is 6.54 Å². The molecule has 4 heteroatoms. The van der Waals surface area contributed by atoms with Gasteiger partial charge in [0.1, 0.15) is 5.82 Å². The topological polar surface area (TPSA) is 41.1 Å². The second-order valence-corrected chi connectivity index (χ2v) is 5.59. The molecule has 0 amide bonds. The highest BCUT2D eigenvalue weighted by Crippen LogP contribution is 2.20. The van der Waals surface area contributed by atoms with Crippen molar-refractivity contribution >= 4 is 5.82 Å². The maximum Gasteiger partial charge on any atom is 0.147 e. The molecule has 0 saturated carbocycles. The van der Waals surface area contributed by atoms with E-state index in [2.05, 4.69) is 41.0 Å². The molecular weight excluding hydrogens is 224 g/mol. The third-order valence-corrected chi connectivity index (χ3v) is 3.36. The number of hydrogen-bond donors (Lipinski definition) is 1. The number of nitrogens with one attached hydrogen (secondary N) is 1. The Labute approximate surface area is 110 Å². The maximum atomic E-state index is 4.54. The molecule has 1 aromatic rings. The summed E-state index contributed by atoms with van der Waals surface area (Å²) < 4.78 is 0. The number of hydrogen-bond acceptors (Lipinski definition) is 4. The number of aromatic nitrogens is 2. The van der Waals surface area contributed by atoms with Crippen LogP contribution in [0.1, 0.15) is 39.3 Å². The molecule has 0 aromatic carbocycles. The van der Waals surface area contributed by atoms with Gasteiger partial charge in [-0.3, -0.25) is 4.98 Å². The van der Waals surface area contributed by atoms with Gasteiger partial charge >= 0.3 is 0 Å². The lowest BCUT2D eigenvalue weighted by Gasteiger charge is -2.31. The van der Waals surface area contributed by atoms with Crippen molar-refractivity contribution in [2.75, 3.05) is 18.0 Å². The summed E-state index contributed by atoms with van der Waals surface area (Å²) in [5, 5.41) is 3.35. The standard InChI is InChI=1S/C14H24N4/c1-11(2)15-7-13-8-17-14(9-16-13)18-6-4-5-12(3)10-18/h8-9,11-12,15H,4-7,10H2,1-3H3. The summed E-state index contributed by atoms with van der Waals surface area (Å²) in [5.74, 6) is 1.79. The summed E-state index contributed by atoms with van der Waals surface area (Å²) >= 11 is 0. The first-order chi connectivity index (χ1) is 8.65. The van der Waals surface area contributed by atoms with E-state index >= 15 is 0 Å². The summed E-state index contributed by atoms with van der Waals surface area (Å²) in [6.07, 6.45) is 6.40. The Hall–Kier alpha value is -1.16. The second-order valence-electron chi connectivity index (χ2n) is 5.59. The SMILES string of the molecule is CC1CCCN(c2cnc(CNC(C)C)cn2)C1. The van der Waals surface area contributed by atoms with Crippen molar-refractivity contribution in [3.05, 3.63) is 18.1 Å². The van der Waals surface area contributed by atoms with Crippen LogP contribution in [0.25, 0.3) is 0 Å². The van der Waals surface area contributed by atoms with Gasteiger partial charge in [-0.05, 0) is 18.8 Å². The fraction of sp³-hybridized carbons (Fsp3) is 0.714. The van der Waals surface area contributed by atoms with Crippen LogP contribution >= 0.6 is 0 Å². The minimum Gasteiger partial charge on any atom is -0.355 e. The van der Waals surface area contributed by atoms with Gasteiger partial charge in [-0.15, -0.1) is 0 Å². The summed E-state index contributed by atoms with van der Waals surface area (Å²) in [6, 6.07) is 0.481. The number of nitrogens with zero attached hydrogens (tertiary/aromatic N) is 3. The molecule has 1 aromatic heterocycles. The van der Waals surface area contributed by atoms with E-state index in [9.17, 15) is 0 Å². The molecule has 1 unspecified atom stereocenters. The predicted molar refractivity (Wildman–Crippen MR) is 74.6 cm³/mol. The molecule has 1 fully saturated rings. The largest absolute Gasteiger partial charge is 0.355 e.